The zero-order chi connectivity index (χ0) is 18.2. The lowest BCUT2D eigenvalue weighted by molar-refractivity contribution is -0.106. The van der Waals surface area contributed by atoms with Crippen molar-refractivity contribution < 1.29 is 19.4 Å². The third-order valence-electron chi connectivity index (χ3n) is 5.57. The Morgan fingerprint density at radius 3 is 2.12 bits per heavy atom. The first-order valence-electron chi connectivity index (χ1n) is 9.42. The van der Waals surface area contributed by atoms with E-state index in [1.54, 1.807) is 4.90 Å². The number of likely N-dealkylation sites (tertiary alicyclic amines) is 3. The molecule has 0 aromatic rings. The molecule has 7 heteroatoms. The second-order valence-electron chi connectivity index (χ2n) is 8.65. The van der Waals surface area contributed by atoms with E-state index in [2.05, 4.69) is 0 Å². The lowest BCUT2D eigenvalue weighted by Crippen LogP contribution is -2.62. The molecular weight excluding hydrogens is 322 g/mol. The van der Waals surface area contributed by atoms with E-state index in [1.807, 2.05) is 30.6 Å². The molecule has 2 atom stereocenters. The highest BCUT2D eigenvalue weighted by atomic mass is 16.6. The summed E-state index contributed by atoms with van der Waals surface area (Å²) >= 11 is 0. The van der Waals surface area contributed by atoms with E-state index < -0.39 is 11.2 Å². The van der Waals surface area contributed by atoms with E-state index in [0.29, 0.717) is 39.0 Å². The maximum absolute atomic E-state index is 12.6. The van der Waals surface area contributed by atoms with Gasteiger partial charge < -0.3 is 24.5 Å². The summed E-state index contributed by atoms with van der Waals surface area (Å²) in [5, 5.41) is 11.0. The van der Waals surface area contributed by atoms with Gasteiger partial charge in [-0.25, -0.2) is 9.59 Å². The minimum Gasteiger partial charge on any atom is -0.444 e. The Labute approximate surface area is 149 Å². The summed E-state index contributed by atoms with van der Waals surface area (Å²) in [4.78, 5) is 30.4. The van der Waals surface area contributed by atoms with Crippen LogP contribution in [0.3, 0.4) is 0 Å². The number of amides is 3. The standard InChI is InChI=1S/C18H31N3O4/c1-17(2,3)25-16(23)21-11-7-18(24)6-10-20(12-14(18)13-21)15(22)19-8-4-5-9-19/h14,24H,4-13H2,1-3H3/t14-,18+/m0/s1. The fourth-order valence-corrected chi connectivity index (χ4v) is 4.08. The van der Waals surface area contributed by atoms with Crippen LogP contribution in [0, 0.1) is 5.92 Å². The van der Waals surface area contributed by atoms with Crippen molar-refractivity contribution in [2.75, 3.05) is 39.3 Å². The van der Waals surface area contributed by atoms with Gasteiger partial charge in [0.1, 0.15) is 5.60 Å². The average Bonchev–Trinajstić information content (AvgIpc) is 3.05. The van der Waals surface area contributed by atoms with E-state index in [-0.39, 0.29) is 18.0 Å². The number of fused-ring (bicyclic) bond motifs is 1. The lowest BCUT2D eigenvalue weighted by atomic mass is 9.76. The Kier molecular flexibility index (Phi) is 4.88. The van der Waals surface area contributed by atoms with Crippen molar-refractivity contribution in [3.8, 4) is 0 Å². The molecule has 3 aliphatic heterocycles. The van der Waals surface area contributed by atoms with Gasteiger partial charge in [0.25, 0.3) is 0 Å². The third kappa shape index (κ3) is 4.02. The fourth-order valence-electron chi connectivity index (χ4n) is 4.08. The van der Waals surface area contributed by atoms with Gasteiger partial charge in [-0.3, -0.25) is 0 Å². The number of hydrogen-bond donors (Lipinski definition) is 1. The molecule has 0 unspecified atom stereocenters. The normalized spacial score (nSPS) is 30.2. The fraction of sp³-hybridized carbons (Fsp3) is 0.889. The second kappa shape index (κ2) is 6.67. The number of carbonyl (C=O) groups excluding carboxylic acids is 2. The highest BCUT2D eigenvalue weighted by Crippen LogP contribution is 2.36. The first-order chi connectivity index (χ1) is 11.7. The SMILES string of the molecule is CC(C)(C)OC(=O)N1CC[C@]2(O)CCN(C(=O)N3CCCC3)C[C@H]2C1. The summed E-state index contributed by atoms with van der Waals surface area (Å²) < 4.78 is 5.46. The van der Waals surface area contributed by atoms with Gasteiger partial charge in [0.05, 0.1) is 5.60 Å². The summed E-state index contributed by atoms with van der Waals surface area (Å²) in [7, 11) is 0. The van der Waals surface area contributed by atoms with E-state index in [9.17, 15) is 14.7 Å². The molecule has 142 valence electrons. The summed E-state index contributed by atoms with van der Waals surface area (Å²) in [5.41, 5.74) is -1.31. The van der Waals surface area contributed by atoms with Crippen LogP contribution in [0.1, 0.15) is 46.5 Å². The summed E-state index contributed by atoms with van der Waals surface area (Å²) in [6.45, 7) is 9.24. The van der Waals surface area contributed by atoms with Gasteiger partial charge in [-0.05, 0) is 46.5 Å². The monoisotopic (exact) mass is 353 g/mol. The van der Waals surface area contributed by atoms with Crippen LogP contribution in [0.15, 0.2) is 0 Å². The summed E-state index contributed by atoms with van der Waals surface area (Å²) in [6.07, 6.45) is 2.93. The molecule has 3 rings (SSSR count). The average molecular weight is 353 g/mol. The van der Waals surface area contributed by atoms with Crippen molar-refractivity contribution in [2.24, 2.45) is 5.92 Å². The van der Waals surface area contributed by atoms with Crippen LogP contribution in [0.25, 0.3) is 0 Å². The van der Waals surface area contributed by atoms with E-state index >= 15 is 0 Å². The molecule has 0 aromatic heterocycles. The van der Waals surface area contributed by atoms with Gasteiger partial charge in [0.2, 0.25) is 0 Å². The Bertz CT molecular complexity index is 527. The van der Waals surface area contributed by atoms with Crippen molar-refractivity contribution in [1.29, 1.82) is 0 Å². The Morgan fingerprint density at radius 2 is 1.52 bits per heavy atom. The minimum absolute atomic E-state index is 0.0777. The molecule has 7 nitrogen and oxygen atoms in total. The molecule has 3 aliphatic rings. The molecular formula is C18H31N3O4. The van der Waals surface area contributed by atoms with Crippen LogP contribution in [-0.2, 0) is 4.74 Å². The maximum Gasteiger partial charge on any atom is 0.410 e. The molecule has 0 saturated carbocycles. The van der Waals surface area contributed by atoms with Gasteiger partial charge in [-0.2, -0.15) is 0 Å². The van der Waals surface area contributed by atoms with Gasteiger partial charge in [-0.1, -0.05) is 0 Å². The van der Waals surface area contributed by atoms with Crippen LogP contribution in [0.2, 0.25) is 0 Å². The molecule has 3 fully saturated rings. The Balaban J connectivity index is 1.63. The number of ether oxygens (including phenoxy) is 1. The smallest absolute Gasteiger partial charge is 0.410 e. The lowest BCUT2D eigenvalue weighted by Gasteiger charge is -2.50. The van der Waals surface area contributed by atoms with Crippen LogP contribution in [0.4, 0.5) is 9.59 Å². The first-order valence-corrected chi connectivity index (χ1v) is 9.42. The predicted molar refractivity (Wildman–Crippen MR) is 93.3 cm³/mol. The van der Waals surface area contributed by atoms with Gasteiger partial charge in [0, 0.05) is 45.2 Å². The molecule has 0 aromatic carbocycles. The Morgan fingerprint density at radius 1 is 0.960 bits per heavy atom. The van der Waals surface area contributed by atoms with Gasteiger partial charge in [-0.15, -0.1) is 0 Å². The van der Waals surface area contributed by atoms with Crippen molar-refractivity contribution >= 4 is 12.1 Å². The number of hydrogen-bond acceptors (Lipinski definition) is 4. The van der Waals surface area contributed by atoms with Crippen LogP contribution < -0.4 is 0 Å². The molecule has 3 amide bonds. The molecule has 0 bridgehead atoms. The number of rotatable bonds is 0. The zero-order valence-electron chi connectivity index (χ0n) is 15.7. The molecule has 0 spiro atoms. The molecule has 0 radical (unpaired) electrons. The van der Waals surface area contributed by atoms with Gasteiger partial charge in [0.15, 0.2) is 0 Å². The molecule has 3 saturated heterocycles. The predicted octanol–water partition coefficient (Wildman–Crippen LogP) is 1.90. The summed E-state index contributed by atoms with van der Waals surface area (Å²) in [6, 6.07) is 0.0777. The Hall–Kier alpha value is -1.50. The largest absolute Gasteiger partial charge is 0.444 e. The number of aliphatic hydroxyl groups is 1. The molecule has 25 heavy (non-hydrogen) atoms. The minimum atomic E-state index is -0.777. The van der Waals surface area contributed by atoms with E-state index in [0.717, 1.165) is 25.9 Å². The molecule has 3 heterocycles. The second-order valence-corrected chi connectivity index (χ2v) is 8.65. The highest BCUT2D eigenvalue weighted by Gasteiger charge is 2.47. The van der Waals surface area contributed by atoms with Gasteiger partial charge >= 0.3 is 12.1 Å². The summed E-state index contributed by atoms with van der Waals surface area (Å²) in [5.74, 6) is -0.117. The van der Waals surface area contributed by atoms with Crippen LogP contribution in [0.5, 0.6) is 0 Å². The van der Waals surface area contributed by atoms with Crippen molar-refractivity contribution in [3.63, 3.8) is 0 Å². The highest BCUT2D eigenvalue weighted by molar-refractivity contribution is 5.75. The number of nitrogens with zero attached hydrogens (tertiary/aromatic N) is 3. The number of urea groups is 1. The molecule has 1 N–H and O–H groups in total. The maximum atomic E-state index is 12.6. The molecule has 0 aliphatic carbocycles. The number of piperidine rings is 2. The van der Waals surface area contributed by atoms with Crippen molar-refractivity contribution in [3.05, 3.63) is 0 Å². The van der Waals surface area contributed by atoms with Crippen LogP contribution >= 0.6 is 0 Å². The topological polar surface area (TPSA) is 73.3 Å². The van der Waals surface area contributed by atoms with E-state index in [4.69, 9.17) is 4.74 Å². The zero-order valence-corrected chi connectivity index (χ0v) is 15.7. The van der Waals surface area contributed by atoms with Crippen molar-refractivity contribution in [1.82, 2.24) is 14.7 Å². The van der Waals surface area contributed by atoms with Crippen LogP contribution in [-0.4, -0.2) is 82.4 Å². The first kappa shape index (κ1) is 18.3. The quantitative estimate of drug-likeness (QED) is 0.722. The van der Waals surface area contributed by atoms with Crippen molar-refractivity contribution in [2.45, 2.75) is 57.7 Å². The van der Waals surface area contributed by atoms with E-state index in [1.165, 1.54) is 0 Å². The third-order valence-corrected chi connectivity index (χ3v) is 5.57. The number of carbonyl (C=O) groups is 2.